The Morgan fingerprint density at radius 1 is 1.00 bits per heavy atom. The largest absolute Gasteiger partial charge is 0.493 e. The molecule has 2 aromatic carbocycles. The molecule has 7 nitrogen and oxygen atoms in total. The van der Waals surface area contributed by atoms with Crippen molar-refractivity contribution >= 4 is 6.03 Å². The molecule has 2 N–H and O–H groups in total. The van der Waals surface area contributed by atoms with Crippen LogP contribution in [-0.4, -0.2) is 69.8 Å². The van der Waals surface area contributed by atoms with Crippen LogP contribution in [0.5, 0.6) is 11.5 Å². The van der Waals surface area contributed by atoms with Crippen molar-refractivity contribution in [3.05, 3.63) is 59.7 Å². The van der Waals surface area contributed by atoms with E-state index in [1.807, 2.05) is 36.4 Å². The Hall–Kier alpha value is -2.77. The van der Waals surface area contributed by atoms with Crippen molar-refractivity contribution in [1.82, 2.24) is 20.4 Å². The van der Waals surface area contributed by atoms with Crippen LogP contribution in [0.2, 0.25) is 0 Å². The number of rotatable bonds is 8. The van der Waals surface area contributed by atoms with Gasteiger partial charge in [-0.15, -0.1) is 0 Å². The number of carbonyl (C=O) groups excluding carboxylic acids is 1. The lowest BCUT2D eigenvalue weighted by molar-refractivity contribution is 0.142. The Labute approximate surface area is 179 Å². The molecule has 2 amide bonds. The van der Waals surface area contributed by atoms with Gasteiger partial charge in [-0.05, 0) is 30.3 Å². The number of carbonyl (C=O) groups is 1. The van der Waals surface area contributed by atoms with Crippen molar-refractivity contribution < 1.29 is 14.3 Å². The molecule has 1 heterocycles. The first-order chi connectivity index (χ1) is 14.6. The third kappa shape index (κ3) is 6.11. The summed E-state index contributed by atoms with van der Waals surface area (Å²) in [5.41, 5.74) is 2.05. The highest BCUT2D eigenvalue weighted by molar-refractivity contribution is 5.74. The lowest BCUT2D eigenvalue weighted by atomic mass is 10.1. The Kier molecular flexibility index (Phi) is 7.93. The van der Waals surface area contributed by atoms with Gasteiger partial charge in [0, 0.05) is 39.3 Å². The molecule has 2 aromatic rings. The van der Waals surface area contributed by atoms with Crippen LogP contribution in [0.1, 0.15) is 17.2 Å². The van der Waals surface area contributed by atoms with E-state index >= 15 is 0 Å². The van der Waals surface area contributed by atoms with Crippen LogP contribution in [0, 0.1) is 0 Å². The minimum Gasteiger partial charge on any atom is -0.493 e. The number of amides is 2. The highest BCUT2D eigenvalue weighted by Gasteiger charge is 2.21. The van der Waals surface area contributed by atoms with E-state index < -0.39 is 0 Å². The summed E-state index contributed by atoms with van der Waals surface area (Å²) in [6, 6.07) is 15.5. The molecule has 162 valence electrons. The first kappa shape index (κ1) is 21.9. The van der Waals surface area contributed by atoms with Crippen LogP contribution in [-0.2, 0) is 6.54 Å². The van der Waals surface area contributed by atoms with E-state index in [1.165, 1.54) is 0 Å². The first-order valence-electron chi connectivity index (χ1n) is 10.3. The van der Waals surface area contributed by atoms with Gasteiger partial charge in [0.05, 0.1) is 20.3 Å². The summed E-state index contributed by atoms with van der Waals surface area (Å²) in [6.07, 6.45) is 0. The van der Waals surface area contributed by atoms with Gasteiger partial charge in [-0.2, -0.15) is 0 Å². The van der Waals surface area contributed by atoms with Gasteiger partial charge >= 0.3 is 6.03 Å². The molecule has 1 aliphatic heterocycles. The van der Waals surface area contributed by atoms with Gasteiger partial charge in [0.25, 0.3) is 0 Å². The number of piperazine rings is 1. The van der Waals surface area contributed by atoms with Gasteiger partial charge < -0.3 is 25.0 Å². The van der Waals surface area contributed by atoms with Crippen molar-refractivity contribution in [2.24, 2.45) is 0 Å². The van der Waals surface area contributed by atoms with E-state index in [4.69, 9.17) is 9.47 Å². The monoisotopic (exact) mass is 412 g/mol. The number of urea groups is 1. The number of hydrogen-bond donors (Lipinski definition) is 2. The van der Waals surface area contributed by atoms with E-state index in [9.17, 15) is 4.79 Å². The number of benzene rings is 2. The second-order valence-electron chi connectivity index (χ2n) is 7.58. The Balaban J connectivity index is 1.60. The Morgan fingerprint density at radius 2 is 1.70 bits per heavy atom. The molecule has 1 atom stereocenters. The van der Waals surface area contributed by atoms with Gasteiger partial charge in [-0.25, -0.2) is 4.79 Å². The topological polar surface area (TPSA) is 66.1 Å². The molecule has 30 heavy (non-hydrogen) atoms. The molecule has 1 fully saturated rings. The highest BCUT2D eigenvalue weighted by Crippen LogP contribution is 2.27. The van der Waals surface area contributed by atoms with E-state index in [2.05, 4.69) is 39.6 Å². The summed E-state index contributed by atoms with van der Waals surface area (Å²) in [5, 5.41) is 6.11. The van der Waals surface area contributed by atoms with Gasteiger partial charge in [0.15, 0.2) is 11.5 Å². The van der Waals surface area contributed by atoms with Crippen molar-refractivity contribution in [2.45, 2.75) is 12.6 Å². The summed E-state index contributed by atoms with van der Waals surface area (Å²) in [5.74, 6) is 1.32. The van der Waals surface area contributed by atoms with Gasteiger partial charge in [-0.1, -0.05) is 36.4 Å². The zero-order valence-corrected chi connectivity index (χ0v) is 18.1. The zero-order chi connectivity index (χ0) is 21.3. The normalized spacial score (nSPS) is 16.0. The predicted molar refractivity (Wildman–Crippen MR) is 118 cm³/mol. The minimum atomic E-state index is -0.187. The number of hydrogen-bond acceptors (Lipinski definition) is 5. The molecular formula is C23H32N4O3. The molecule has 0 aliphatic carbocycles. The van der Waals surface area contributed by atoms with Crippen LogP contribution in [0.15, 0.2) is 48.5 Å². The minimum absolute atomic E-state index is 0.0694. The van der Waals surface area contributed by atoms with Crippen LogP contribution >= 0.6 is 0 Å². The summed E-state index contributed by atoms with van der Waals surface area (Å²) in [4.78, 5) is 17.4. The fourth-order valence-corrected chi connectivity index (χ4v) is 3.59. The third-order valence-corrected chi connectivity index (χ3v) is 5.44. The van der Waals surface area contributed by atoms with Crippen LogP contribution < -0.4 is 20.1 Å². The molecule has 3 rings (SSSR count). The van der Waals surface area contributed by atoms with Crippen molar-refractivity contribution in [2.75, 3.05) is 54.0 Å². The second-order valence-corrected chi connectivity index (χ2v) is 7.58. The predicted octanol–water partition coefficient (Wildman–Crippen LogP) is 2.49. The van der Waals surface area contributed by atoms with Gasteiger partial charge in [0.2, 0.25) is 0 Å². The summed E-state index contributed by atoms with van der Waals surface area (Å²) < 4.78 is 10.6. The number of methoxy groups -OCH3 is 2. The van der Waals surface area contributed by atoms with Crippen LogP contribution in [0.25, 0.3) is 0 Å². The maximum absolute atomic E-state index is 12.7. The van der Waals surface area contributed by atoms with E-state index in [-0.39, 0.29) is 12.1 Å². The van der Waals surface area contributed by atoms with Crippen molar-refractivity contribution in [3.8, 4) is 11.5 Å². The number of ether oxygens (including phenoxy) is 2. The lowest BCUT2D eigenvalue weighted by Gasteiger charge is -2.35. The summed E-state index contributed by atoms with van der Waals surface area (Å²) in [7, 11) is 5.35. The molecule has 1 aliphatic rings. The Morgan fingerprint density at radius 3 is 2.37 bits per heavy atom. The lowest BCUT2D eigenvalue weighted by Crippen LogP contribution is -2.48. The highest BCUT2D eigenvalue weighted by atomic mass is 16.5. The SMILES string of the molecule is COc1ccc(CNC(=O)NC(CN2CCN(C)CC2)c2ccccc2)cc1OC. The average Bonchev–Trinajstić information content (AvgIpc) is 2.79. The van der Waals surface area contributed by atoms with Crippen LogP contribution in [0.4, 0.5) is 4.79 Å². The Bertz CT molecular complexity index is 807. The average molecular weight is 413 g/mol. The molecule has 0 bridgehead atoms. The molecule has 0 saturated carbocycles. The molecule has 0 radical (unpaired) electrons. The van der Waals surface area contributed by atoms with Crippen LogP contribution in [0.3, 0.4) is 0 Å². The van der Waals surface area contributed by atoms with E-state index in [0.29, 0.717) is 18.0 Å². The molecule has 0 aromatic heterocycles. The van der Waals surface area contributed by atoms with E-state index in [0.717, 1.165) is 43.9 Å². The quantitative estimate of drug-likeness (QED) is 0.697. The fraction of sp³-hybridized carbons (Fsp3) is 0.435. The first-order valence-corrected chi connectivity index (χ1v) is 10.3. The maximum atomic E-state index is 12.7. The summed E-state index contributed by atoms with van der Waals surface area (Å²) >= 11 is 0. The van der Waals surface area contributed by atoms with Crippen molar-refractivity contribution in [1.29, 1.82) is 0 Å². The standard InChI is InChI=1S/C23H32N4O3/c1-26-11-13-27(14-12-26)17-20(19-7-5-4-6-8-19)25-23(28)24-16-18-9-10-21(29-2)22(15-18)30-3/h4-10,15,20H,11-14,16-17H2,1-3H3,(H2,24,25,28). The molecule has 1 unspecified atom stereocenters. The second kappa shape index (κ2) is 10.8. The third-order valence-electron chi connectivity index (χ3n) is 5.44. The number of nitrogens with zero attached hydrogens (tertiary/aromatic N) is 2. The fourth-order valence-electron chi connectivity index (χ4n) is 3.59. The zero-order valence-electron chi connectivity index (χ0n) is 18.1. The molecule has 1 saturated heterocycles. The van der Waals surface area contributed by atoms with Gasteiger partial charge in [-0.3, -0.25) is 4.90 Å². The van der Waals surface area contributed by atoms with Gasteiger partial charge in [0.1, 0.15) is 0 Å². The molecule has 7 heteroatoms. The van der Waals surface area contributed by atoms with Crippen molar-refractivity contribution in [3.63, 3.8) is 0 Å². The molecular weight excluding hydrogens is 380 g/mol. The number of nitrogens with one attached hydrogen (secondary N) is 2. The van der Waals surface area contributed by atoms with E-state index in [1.54, 1.807) is 14.2 Å². The molecule has 0 spiro atoms. The maximum Gasteiger partial charge on any atom is 0.315 e. The smallest absolute Gasteiger partial charge is 0.315 e. The summed E-state index contributed by atoms with van der Waals surface area (Å²) in [6.45, 7) is 5.31. The number of likely N-dealkylation sites (N-methyl/N-ethyl adjacent to an activating group) is 1.